The molecule has 3 rings (SSSR count). The molecular weight excluding hydrogens is 398 g/mol. The molecule has 1 aliphatic rings. The van der Waals surface area contributed by atoms with Crippen molar-refractivity contribution in [1.29, 1.82) is 0 Å². The Hall–Kier alpha value is -2.43. The molecule has 1 fully saturated rings. The van der Waals surface area contributed by atoms with Gasteiger partial charge in [-0.05, 0) is 0 Å². The van der Waals surface area contributed by atoms with Gasteiger partial charge in [0.2, 0.25) is 10.0 Å². The highest BCUT2D eigenvalue weighted by Crippen LogP contribution is 2.32. The number of anilines is 1. The number of carbonyl (C=O) groups excluding carboxylic acids is 1. The molecular formula is C13H19N7O7S. The monoisotopic (exact) mass is 417 g/mol. The molecule has 1 saturated heterocycles. The number of aliphatic hydroxyl groups is 3. The lowest BCUT2D eigenvalue weighted by Gasteiger charge is -2.16. The van der Waals surface area contributed by atoms with Gasteiger partial charge < -0.3 is 31.5 Å². The van der Waals surface area contributed by atoms with E-state index in [4.69, 9.17) is 21.3 Å². The minimum Gasteiger partial charge on any atom is -0.394 e. The van der Waals surface area contributed by atoms with Crippen LogP contribution in [0.15, 0.2) is 12.7 Å². The summed E-state index contributed by atoms with van der Waals surface area (Å²) in [5.74, 6) is -1.85. The molecule has 15 heteroatoms. The molecule has 8 N–H and O–H groups in total. The van der Waals surface area contributed by atoms with Gasteiger partial charge >= 0.3 is 0 Å². The number of aliphatic hydroxyl groups excluding tert-OH is 3. The molecule has 0 saturated carbocycles. The Balaban J connectivity index is 1.79. The van der Waals surface area contributed by atoms with Crippen molar-refractivity contribution >= 4 is 32.9 Å². The standard InChI is InChI=1S/C13H19N7O7S/c14-5(1-21)12(24)19-28(25,26)2-6-8(22)9(23)13(27-6)20-4-18-7-10(15)16-3-17-11(7)20/h3-6,8-9,13,21-23H,1-2,14H2,(H,19,24)(H2,15,16,17)/t5-,6+,8+,9+,13+/m0/s1. The van der Waals surface area contributed by atoms with Crippen molar-refractivity contribution in [2.75, 3.05) is 18.1 Å². The van der Waals surface area contributed by atoms with E-state index in [1.54, 1.807) is 4.72 Å². The second kappa shape index (κ2) is 7.53. The number of nitrogens with two attached hydrogens (primary N) is 2. The number of hydrogen-bond acceptors (Lipinski definition) is 12. The lowest BCUT2D eigenvalue weighted by molar-refractivity contribution is -0.121. The Kier molecular flexibility index (Phi) is 5.46. The van der Waals surface area contributed by atoms with Gasteiger partial charge in [-0.3, -0.25) is 14.1 Å². The first-order valence-electron chi connectivity index (χ1n) is 8.00. The lowest BCUT2D eigenvalue weighted by Crippen LogP contribution is -2.48. The SMILES string of the molecule is Nc1ncnc2c1ncn2[C@@H]1O[C@H](CS(=O)(=O)NC(=O)[C@@H](N)CO)[C@@H](O)[C@H]1O. The van der Waals surface area contributed by atoms with Crippen LogP contribution in [0.2, 0.25) is 0 Å². The van der Waals surface area contributed by atoms with E-state index in [1.807, 2.05) is 0 Å². The fourth-order valence-corrected chi connectivity index (χ4v) is 3.97. The van der Waals surface area contributed by atoms with E-state index in [2.05, 4.69) is 15.0 Å². The maximum Gasteiger partial charge on any atom is 0.252 e. The number of rotatable bonds is 6. The molecule has 3 heterocycles. The first kappa shape index (κ1) is 20.3. The number of imidazole rings is 1. The number of aromatic nitrogens is 4. The number of ether oxygens (including phenoxy) is 1. The van der Waals surface area contributed by atoms with Gasteiger partial charge in [0.25, 0.3) is 5.91 Å². The van der Waals surface area contributed by atoms with Gasteiger partial charge in [-0.15, -0.1) is 0 Å². The van der Waals surface area contributed by atoms with Gasteiger partial charge in [-0.2, -0.15) is 0 Å². The van der Waals surface area contributed by atoms with Crippen LogP contribution in [0.5, 0.6) is 0 Å². The third-order valence-electron chi connectivity index (χ3n) is 4.17. The maximum atomic E-state index is 12.1. The Morgan fingerprint density at radius 2 is 2.04 bits per heavy atom. The molecule has 0 bridgehead atoms. The zero-order chi connectivity index (χ0) is 20.6. The van der Waals surface area contributed by atoms with Crippen LogP contribution in [0.25, 0.3) is 11.2 Å². The molecule has 154 valence electrons. The zero-order valence-electron chi connectivity index (χ0n) is 14.3. The second-order valence-corrected chi connectivity index (χ2v) is 7.93. The summed E-state index contributed by atoms with van der Waals surface area (Å²) in [4.78, 5) is 23.4. The van der Waals surface area contributed by atoms with Crippen molar-refractivity contribution in [3.8, 4) is 0 Å². The molecule has 1 aliphatic heterocycles. The van der Waals surface area contributed by atoms with Crippen molar-refractivity contribution in [3.05, 3.63) is 12.7 Å². The normalized spacial score (nSPS) is 26.4. The Morgan fingerprint density at radius 3 is 2.71 bits per heavy atom. The first-order valence-corrected chi connectivity index (χ1v) is 9.65. The Labute approximate surface area is 158 Å². The fraction of sp³-hybridized carbons (Fsp3) is 0.538. The molecule has 0 aliphatic carbocycles. The van der Waals surface area contributed by atoms with Gasteiger partial charge in [0.15, 0.2) is 17.7 Å². The summed E-state index contributed by atoms with van der Waals surface area (Å²) in [6, 6.07) is -1.43. The Morgan fingerprint density at radius 1 is 1.32 bits per heavy atom. The molecule has 2 aromatic rings. The highest BCUT2D eigenvalue weighted by Gasteiger charge is 2.46. The zero-order valence-corrected chi connectivity index (χ0v) is 15.1. The molecule has 14 nitrogen and oxygen atoms in total. The van der Waals surface area contributed by atoms with E-state index < -0.39 is 58.9 Å². The molecule has 2 aromatic heterocycles. The number of nitrogens with zero attached hydrogens (tertiary/aromatic N) is 4. The molecule has 28 heavy (non-hydrogen) atoms. The molecule has 0 spiro atoms. The average Bonchev–Trinajstić information content (AvgIpc) is 3.18. The van der Waals surface area contributed by atoms with Crippen LogP contribution in [-0.4, -0.2) is 85.9 Å². The molecule has 5 atom stereocenters. The van der Waals surface area contributed by atoms with Crippen LogP contribution in [0.1, 0.15) is 6.23 Å². The van der Waals surface area contributed by atoms with E-state index in [1.165, 1.54) is 17.2 Å². The van der Waals surface area contributed by atoms with Crippen molar-refractivity contribution < 1.29 is 33.3 Å². The number of carbonyl (C=O) groups is 1. The maximum absolute atomic E-state index is 12.1. The van der Waals surface area contributed by atoms with E-state index in [0.29, 0.717) is 0 Å². The van der Waals surface area contributed by atoms with Crippen LogP contribution in [0.3, 0.4) is 0 Å². The topological polar surface area (TPSA) is 229 Å². The van der Waals surface area contributed by atoms with Gasteiger partial charge in [0, 0.05) is 0 Å². The number of nitrogens with one attached hydrogen (secondary N) is 1. The van der Waals surface area contributed by atoms with Crippen LogP contribution in [0.4, 0.5) is 5.82 Å². The van der Waals surface area contributed by atoms with Gasteiger partial charge in [0.05, 0.1) is 18.7 Å². The van der Waals surface area contributed by atoms with Gasteiger partial charge in [-0.1, -0.05) is 0 Å². The second-order valence-electron chi connectivity index (χ2n) is 6.17. The summed E-state index contributed by atoms with van der Waals surface area (Å²) < 4.78 is 32.7. The first-order chi connectivity index (χ1) is 13.1. The van der Waals surface area contributed by atoms with Crippen LogP contribution < -0.4 is 16.2 Å². The van der Waals surface area contributed by atoms with E-state index >= 15 is 0 Å². The quantitative estimate of drug-likeness (QED) is 0.263. The third kappa shape index (κ3) is 3.75. The van der Waals surface area contributed by atoms with Crippen molar-refractivity contribution in [2.24, 2.45) is 5.73 Å². The predicted molar refractivity (Wildman–Crippen MR) is 92.6 cm³/mol. The highest BCUT2D eigenvalue weighted by atomic mass is 32.2. The Bertz CT molecular complexity index is 981. The minimum atomic E-state index is -4.27. The lowest BCUT2D eigenvalue weighted by atomic mass is 10.1. The molecule has 0 unspecified atom stereocenters. The average molecular weight is 417 g/mol. The van der Waals surface area contributed by atoms with Crippen LogP contribution in [0, 0.1) is 0 Å². The number of fused-ring (bicyclic) bond motifs is 1. The van der Waals surface area contributed by atoms with Crippen LogP contribution in [-0.2, 0) is 19.6 Å². The smallest absolute Gasteiger partial charge is 0.252 e. The summed E-state index contributed by atoms with van der Waals surface area (Å²) in [6.45, 7) is -0.747. The van der Waals surface area contributed by atoms with Gasteiger partial charge in [-0.25, -0.2) is 23.4 Å². The summed E-state index contributed by atoms with van der Waals surface area (Å²) in [7, 11) is -4.27. The summed E-state index contributed by atoms with van der Waals surface area (Å²) in [5, 5.41) is 29.3. The number of amides is 1. The molecule has 0 radical (unpaired) electrons. The number of nitrogen functional groups attached to an aromatic ring is 1. The summed E-state index contributed by atoms with van der Waals surface area (Å²) >= 11 is 0. The summed E-state index contributed by atoms with van der Waals surface area (Å²) in [6.07, 6.45) is -3.23. The molecule has 0 aromatic carbocycles. The minimum absolute atomic E-state index is 0.0962. The van der Waals surface area contributed by atoms with Crippen LogP contribution >= 0.6 is 0 Å². The predicted octanol–water partition coefficient (Wildman–Crippen LogP) is -4.21. The highest BCUT2D eigenvalue weighted by molar-refractivity contribution is 7.90. The number of hydrogen-bond donors (Lipinski definition) is 6. The van der Waals surface area contributed by atoms with Crippen molar-refractivity contribution in [1.82, 2.24) is 24.2 Å². The third-order valence-corrected chi connectivity index (χ3v) is 5.45. The van der Waals surface area contributed by atoms with Crippen molar-refractivity contribution in [2.45, 2.75) is 30.6 Å². The van der Waals surface area contributed by atoms with Gasteiger partial charge in [0.1, 0.15) is 36.2 Å². The molecule has 1 amide bonds. The van der Waals surface area contributed by atoms with E-state index in [-0.39, 0.29) is 17.0 Å². The van der Waals surface area contributed by atoms with E-state index in [0.717, 1.165) is 0 Å². The van der Waals surface area contributed by atoms with E-state index in [9.17, 15) is 23.4 Å². The fourth-order valence-electron chi connectivity index (χ4n) is 2.72. The van der Waals surface area contributed by atoms with Crippen molar-refractivity contribution in [3.63, 3.8) is 0 Å². The largest absolute Gasteiger partial charge is 0.394 e. The summed E-state index contributed by atoms with van der Waals surface area (Å²) in [5.41, 5.74) is 11.4. The number of sulfonamides is 1.